The number of aryl methyl sites for hydroxylation is 1. The Morgan fingerprint density at radius 2 is 1.80 bits per heavy atom. The summed E-state index contributed by atoms with van der Waals surface area (Å²) in [5, 5.41) is 2.83. The van der Waals surface area contributed by atoms with Gasteiger partial charge in [-0.3, -0.25) is 14.5 Å². The third-order valence-electron chi connectivity index (χ3n) is 4.19. The van der Waals surface area contributed by atoms with E-state index < -0.39 is 11.6 Å². The summed E-state index contributed by atoms with van der Waals surface area (Å²) in [6.07, 6.45) is 1.53. The van der Waals surface area contributed by atoms with Crippen LogP contribution in [0.5, 0.6) is 0 Å². The van der Waals surface area contributed by atoms with E-state index in [2.05, 4.69) is 12.2 Å². The van der Waals surface area contributed by atoms with E-state index >= 15 is 0 Å². The molecule has 0 radical (unpaired) electrons. The SMILES string of the molecule is CCc1ccc(N2C(=O)C(C)(CC)NC(=O)C2C)cc1. The summed E-state index contributed by atoms with van der Waals surface area (Å²) in [4.78, 5) is 26.4. The van der Waals surface area contributed by atoms with Gasteiger partial charge in [-0.2, -0.15) is 0 Å². The van der Waals surface area contributed by atoms with Crippen LogP contribution in [0.1, 0.15) is 39.7 Å². The summed E-state index contributed by atoms with van der Waals surface area (Å²) >= 11 is 0. The lowest BCUT2D eigenvalue weighted by Crippen LogP contribution is -2.68. The maximum absolute atomic E-state index is 12.7. The topological polar surface area (TPSA) is 49.4 Å². The van der Waals surface area contributed by atoms with Crippen molar-refractivity contribution in [2.45, 2.75) is 52.1 Å². The molecule has 4 nitrogen and oxygen atoms in total. The number of carbonyl (C=O) groups excluding carboxylic acids is 2. The Labute approximate surface area is 120 Å². The Kier molecular flexibility index (Phi) is 3.84. The van der Waals surface area contributed by atoms with Gasteiger partial charge in [0.05, 0.1) is 0 Å². The van der Waals surface area contributed by atoms with Crippen molar-refractivity contribution in [2.24, 2.45) is 0 Å². The largest absolute Gasteiger partial charge is 0.340 e. The molecule has 2 unspecified atom stereocenters. The van der Waals surface area contributed by atoms with Gasteiger partial charge in [-0.15, -0.1) is 0 Å². The maximum atomic E-state index is 12.7. The van der Waals surface area contributed by atoms with Gasteiger partial charge in [0.2, 0.25) is 5.91 Å². The van der Waals surface area contributed by atoms with Gasteiger partial charge >= 0.3 is 0 Å². The van der Waals surface area contributed by atoms with E-state index in [0.717, 1.165) is 12.1 Å². The van der Waals surface area contributed by atoms with Crippen molar-refractivity contribution in [2.75, 3.05) is 4.90 Å². The molecule has 0 aliphatic carbocycles. The van der Waals surface area contributed by atoms with E-state index in [1.807, 2.05) is 31.2 Å². The van der Waals surface area contributed by atoms with Crippen LogP contribution in [0.4, 0.5) is 5.69 Å². The van der Waals surface area contributed by atoms with Gasteiger partial charge in [0, 0.05) is 5.69 Å². The summed E-state index contributed by atoms with van der Waals surface area (Å²) < 4.78 is 0. The normalized spacial score (nSPS) is 26.6. The number of hydrogen-bond donors (Lipinski definition) is 1. The lowest BCUT2D eigenvalue weighted by atomic mass is 9.91. The molecule has 1 aromatic rings. The van der Waals surface area contributed by atoms with Gasteiger partial charge in [0.15, 0.2) is 0 Å². The van der Waals surface area contributed by atoms with Gasteiger partial charge in [-0.25, -0.2) is 0 Å². The van der Waals surface area contributed by atoms with Gasteiger partial charge < -0.3 is 5.32 Å². The van der Waals surface area contributed by atoms with Crippen LogP contribution in [0.3, 0.4) is 0 Å². The van der Waals surface area contributed by atoms with Crippen molar-refractivity contribution in [1.29, 1.82) is 0 Å². The molecular formula is C16H22N2O2. The molecule has 1 N–H and O–H groups in total. The average Bonchev–Trinajstić information content (AvgIpc) is 2.46. The van der Waals surface area contributed by atoms with E-state index in [-0.39, 0.29) is 11.8 Å². The van der Waals surface area contributed by atoms with Crippen LogP contribution in [0.15, 0.2) is 24.3 Å². The minimum atomic E-state index is -0.812. The highest BCUT2D eigenvalue weighted by atomic mass is 16.2. The minimum absolute atomic E-state index is 0.0450. The number of piperazine rings is 1. The number of carbonyl (C=O) groups is 2. The molecule has 1 heterocycles. The van der Waals surface area contributed by atoms with E-state index in [9.17, 15) is 9.59 Å². The summed E-state index contributed by atoms with van der Waals surface area (Å²) in [6.45, 7) is 7.54. The van der Waals surface area contributed by atoms with Gasteiger partial charge in [-0.05, 0) is 44.4 Å². The molecule has 4 heteroatoms. The van der Waals surface area contributed by atoms with E-state index in [0.29, 0.717) is 6.42 Å². The van der Waals surface area contributed by atoms with Crippen molar-refractivity contribution in [3.63, 3.8) is 0 Å². The Balaban J connectivity index is 2.40. The summed E-state index contributed by atoms with van der Waals surface area (Å²) in [7, 11) is 0. The van der Waals surface area contributed by atoms with Crippen LogP contribution in [0.25, 0.3) is 0 Å². The van der Waals surface area contributed by atoms with Crippen molar-refractivity contribution < 1.29 is 9.59 Å². The third kappa shape index (κ3) is 2.30. The van der Waals surface area contributed by atoms with E-state index in [4.69, 9.17) is 0 Å². The minimum Gasteiger partial charge on any atom is -0.340 e. The number of benzene rings is 1. The molecule has 2 amide bonds. The molecular weight excluding hydrogens is 252 g/mol. The molecule has 20 heavy (non-hydrogen) atoms. The fraction of sp³-hybridized carbons (Fsp3) is 0.500. The van der Waals surface area contributed by atoms with Gasteiger partial charge in [-0.1, -0.05) is 26.0 Å². The average molecular weight is 274 g/mol. The number of hydrogen-bond acceptors (Lipinski definition) is 2. The van der Waals surface area contributed by atoms with Crippen LogP contribution >= 0.6 is 0 Å². The smallest absolute Gasteiger partial charge is 0.253 e. The first-order valence-electron chi connectivity index (χ1n) is 7.17. The van der Waals surface area contributed by atoms with Crippen molar-refractivity contribution in [3.05, 3.63) is 29.8 Å². The summed E-state index contributed by atoms with van der Waals surface area (Å²) in [6, 6.07) is 7.37. The van der Waals surface area contributed by atoms with Crippen molar-refractivity contribution in [3.8, 4) is 0 Å². The molecule has 0 spiro atoms. The molecule has 1 fully saturated rings. The molecule has 1 saturated heterocycles. The molecule has 108 valence electrons. The van der Waals surface area contributed by atoms with Crippen LogP contribution in [0, 0.1) is 0 Å². The number of rotatable bonds is 3. The zero-order chi connectivity index (χ0) is 14.9. The van der Waals surface area contributed by atoms with E-state index in [1.54, 1.807) is 18.7 Å². The highest BCUT2D eigenvalue weighted by Gasteiger charge is 2.45. The lowest BCUT2D eigenvalue weighted by molar-refractivity contribution is -0.137. The lowest BCUT2D eigenvalue weighted by Gasteiger charge is -2.43. The number of anilines is 1. The Bertz CT molecular complexity index is 524. The number of nitrogens with one attached hydrogen (secondary N) is 1. The molecule has 0 saturated carbocycles. The van der Waals surface area contributed by atoms with Crippen LogP contribution in [0.2, 0.25) is 0 Å². The first kappa shape index (κ1) is 14.6. The fourth-order valence-electron chi connectivity index (χ4n) is 2.46. The summed E-state index contributed by atoms with van der Waals surface area (Å²) in [5.41, 5.74) is 1.19. The second-order valence-electron chi connectivity index (χ2n) is 5.55. The number of nitrogens with zero attached hydrogens (tertiary/aromatic N) is 1. The predicted octanol–water partition coefficient (Wildman–Crippen LogP) is 2.27. The quantitative estimate of drug-likeness (QED) is 0.919. The zero-order valence-electron chi connectivity index (χ0n) is 12.6. The first-order valence-corrected chi connectivity index (χ1v) is 7.17. The third-order valence-corrected chi connectivity index (χ3v) is 4.19. The molecule has 2 rings (SSSR count). The molecule has 1 aromatic carbocycles. The Morgan fingerprint density at radius 3 is 2.30 bits per heavy atom. The molecule has 1 aliphatic rings. The molecule has 1 aliphatic heterocycles. The standard InChI is InChI=1S/C16H22N2O2/c1-5-12-7-9-13(10-8-12)18-11(3)14(19)17-16(4,6-2)15(18)20/h7-11H,5-6H2,1-4H3,(H,17,19). The monoisotopic (exact) mass is 274 g/mol. The van der Waals surface area contributed by atoms with Crippen molar-refractivity contribution in [1.82, 2.24) is 5.32 Å². The highest BCUT2D eigenvalue weighted by molar-refractivity contribution is 6.10. The van der Waals surface area contributed by atoms with Crippen molar-refractivity contribution >= 4 is 17.5 Å². The number of amides is 2. The molecule has 0 aromatic heterocycles. The van der Waals surface area contributed by atoms with Crippen LogP contribution < -0.4 is 10.2 Å². The second kappa shape index (κ2) is 5.27. The summed E-state index contributed by atoms with van der Waals surface area (Å²) in [5.74, 6) is -0.148. The maximum Gasteiger partial charge on any atom is 0.253 e. The van der Waals surface area contributed by atoms with Crippen LogP contribution in [-0.2, 0) is 16.0 Å². The van der Waals surface area contributed by atoms with Gasteiger partial charge in [0.1, 0.15) is 11.6 Å². The Hall–Kier alpha value is -1.84. The predicted molar refractivity (Wildman–Crippen MR) is 79.6 cm³/mol. The zero-order valence-corrected chi connectivity index (χ0v) is 12.6. The fourth-order valence-corrected chi connectivity index (χ4v) is 2.46. The highest BCUT2D eigenvalue weighted by Crippen LogP contribution is 2.27. The van der Waals surface area contributed by atoms with Crippen LogP contribution in [-0.4, -0.2) is 23.4 Å². The van der Waals surface area contributed by atoms with Gasteiger partial charge in [0.25, 0.3) is 5.91 Å². The first-order chi connectivity index (χ1) is 9.42. The molecule has 2 atom stereocenters. The molecule has 0 bridgehead atoms. The Morgan fingerprint density at radius 1 is 1.20 bits per heavy atom. The van der Waals surface area contributed by atoms with E-state index in [1.165, 1.54) is 5.56 Å². The second-order valence-corrected chi connectivity index (χ2v) is 5.55.